The smallest absolute Gasteiger partial charge is 0.323 e. The van der Waals surface area contributed by atoms with Crippen LogP contribution in [0.15, 0.2) is 29.1 Å². The summed E-state index contributed by atoms with van der Waals surface area (Å²) >= 11 is 6.33. The number of carboxylic acids is 1. The van der Waals surface area contributed by atoms with Crippen LogP contribution in [-0.2, 0) is 16.1 Å². The molecule has 4 rings (SSSR count). The van der Waals surface area contributed by atoms with E-state index in [2.05, 4.69) is 10.3 Å². The second-order valence-electron chi connectivity index (χ2n) is 7.52. The van der Waals surface area contributed by atoms with E-state index in [1.54, 1.807) is 31.2 Å². The Balaban J connectivity index is 1.87. The molecule has 31 heavy (non-hydrogen) atoms. The molecule has 1 aliphatic heterocycles. The highest BCUT2D eigenvalue weighted by Crippen LogP contribution is 2.34. The van der Waals surface area contributed by atoms with Gasteiger partial charge in [0.25, 0.3) is 0 Å². The summed E-state index contributed by atoms with van der Waals surface area (Å²) in [6.45, 7) is 3.97. The second-order valence-corrected chi connectivity index (χ2v) is 7.93. The van der Waals surface area contributed by atoms with Gasteiger partial charge in [-0.1, -0.05) is 11.6 Å². The fourth-order valence-electron chi connectivity index (χ4n) is 3.95. The maximum atomic E-state index is 13.2. The summed E-state index contributed by atoms with van der Waals surface area (Å²) < 4.78 is 12.6. The van der Waals surface area contributed by atoms with Crippen molar-refractivity contribution in [3.8, 4) is 5.75 Å². The summed E-state index contributed by atoms with van der Waals surface area (Å²) in [5.74, 6) is 0.282. The van der Waals surface area contributed by atoms with Gasteiger partial charge in [0.2, 0.25) is 0 Å². The number of pyridine rings is 2. The highest BCUT2D eigenvalue weighted by Gasteiger charge is 2.20. The van der Waals surface area contributed by atoms with Crippen LogP contribution >= 0.6 is 11.6 Å². The molecule has 3 heterocycles. The van der Waals surface area contributed by atoms with E-state index in [1.165, 1.54) is 4.57 Å². The van der Waals surface area contributed by atoms with Gasteiger partial charge in [0.1, 0.15) is 18.0 Å². The number of fused-ring (bicyclic) bond motifs is 2. The zero-order valence-electron chi connectivity index (χ0n) is 17.2. The molecule has 0 bridgehead atoms. The normalized spacial score (nSPS) is 14.8. The summed E-state index contributed by atoms with van der Waals surface area (Å²) in [4.78, 5) is 29.5. The maximum Gasteiger partial charge on any atom is 0.323 e. The number of rotatable bonds is 7. The first-order valence-corrected chi connectivity index (χ1v) is 10.7. The minimum atomic E-state index is -1.06. The van der Waals surface area contributed by atoms with Crippen molar-refractivity contribution in [3.63, 3.8) is 0 Å². The number of ether oxygens (including phenoxy) is 2. The first-order valence-electron chi connectivity index (χ1n) is 10.3. The van der Waals surface area contributed by atoms with E-state index in [4.69, 9.17) is 21.1 Å². The van der Waals surface area contributed by atoms with E-state index in [-0.39, 0.29) is 23.4 Å². The Morgan fingerprint density at radius 1 is 1.29 bits per heavy atom. The molecule has 164 valence electrons. The molecule has 0 saturated carbocycles. The Hall–Kier alpha value is -2.84. The number of carbonyl (C=O) groups is 1. The molecule has 1 aromatic carbocycles. The Morgan fingerprint density at radius 2 is 2.03 bits per heavy atom. The molecule has 0 spiro atoms. The molecule has 9 heteroatoms. The van der Waals surface area contributed by atoms with Crippen LogP contribution in [0, 0.1) is 5.92 Å². The Labute approximate surface area is 183 Å². The summed E-state index contributed by atoms with van der Waals surface area (Å²) in [5.41, 5.74) is 0.371. The Bertz CT molecular complexity index is 1190. The molecule has 0 atom stereocenters. The number of aliphatic carboxylic acids is 1. The lowest BCUT2D eigenvalue weighted by molar-refractivity contribution is -0.137. The molecule has 0 aliphatic carbocycles. The van der Waals surface area contributed by atoms with Gasteiger partial charge in [-0.05, 0) is 49.9 Å². The van der Waals surface area contributed by atoms with Crippen LogP contribution in [-0.4, -0.2) is 47.0 Å². The van der Waals surface area contributed by atoms with Crippen LogP contribution in [0.4, 0.5) is 5.82 Å². The van der Waals surface area contributed by atoms with Gasteiger partial charge in [-0.2, -0.15) is 0 Å². The molecular formula is C22H24ClN3O5. The summed E-state index contributed by atoms with van der Waals surface area (Å²) in [6, 6.07) is 6.62. The van der Waals surface area contributed by atoms with Gasteiger partial charge < -0.3 is 24.5 Å². The van der Waals surface area contributed by atoms with Crippen molar-refractivity contribution in [3.05, 3.63) is 39.5 Å². The predicted molar refractivity (Wildman–Crippen MR) is 119 cm³/mol. The molecule has 0 unspecified atom stereocenters. The minimum absolute atomic E-state index is 0.243. The van der Waals surface area contributed by atoms with Crippen molar-refractivity contribution in [1.29, 1.82) is 0 Å². The van der Waals surface area contributed by atoms with Crippen molar-refractivity contribution < 1.29 is 19.4 Å². The number of nitrogens with one attached hydrogen (secondary N) is 1. The van der Waals surface area contributed by atoms with Gasteiger partial charge in [-0.3, -0.25) is 9.59 Å². The predicted octanol–water partition coefficient (Wildman–Crippen LogP) is 3.52. The number of carboxylic acid groups (broad SMARTS) is 1. The zero-order valence-corrected chi connectivity index (χ0v) is 17.9. The minimum Gasteiger partial charge on any atom is -0.490 e. The average molecular weight is 446 g/mol. The summed E-state index contributed by atoms with van der Waals surface area (Å²) in [5, 5.41) is 13.9. The van der Waals surface area contributed by atoms with Crippen molar-refractivity contribution in [2.45, 2.75) is 26.3 Å². The molecular weight excluding hydrogens is 422 g/mol. The first kappa shape index (κ1) is 21.4. The standard InChI is InChI=1S/C22H24ClN3O5/c1-2-31-21-16(23)5-3-14-19(21)26(12-18(27)28)22-15(20(14)29)4-6-17(25-22)24-11-13-7-9-30-10-8-13/h3-6,13H,2,7-12H2,1H3,(H,24,25)(H,27,28). The zero-order chi connectivity index (χ0) is 22.0. The highest BCUT2D eigenvalue weighted by molar-refractivity contribution is 6.33. The molecule has 1 aliphatic rings. The fourth-order valence-corrected chi connectivity index (χ4v) is 4.16. The fraction of sp³-hybridized carbons (Fsp3) is 0.409. The van der Waals surface area contributed by atoms with Crippen LogP contribution in [0.1, 0.15) is 19.8 Å². The SMILES string of the molecule is CCOc1c(Cl)ccc2c(=O)c3ccc(NCC4CCOCC4)nc3n(CC(=O)O)c12. The van der Waals surface area contributed by atoms with Crippen molar-refractivity contribution in [2.75, 3.05) is 31.7 Å². The van der Waals surface area contributed by atoms with Gasteiger partial charge in [0, 0.05) is 19.8 Å². The monoisotopic (exact) mass is 445 g/mol. The number of hydrogen-bond donors (Lipinski definition) is 2. The van der Waals surface area contributed by atoms with Gasteiger partial charge in [-0.25, -0.2) is 4.98 Å². The van der Waals surface area contributed by atoms with Gasteiger partial charge in [0.15, 0.2) is 11.2 Å². The summed E-state index contributed by atoms with van der Waals surface area (Å²) in [7, 11) is 0. The van der Waals surface area contributed by atoms with Gasteiger partial charge >= 0.3 is 5.97 Å². The molecule has 1 saturated heterocycles. The van der Waals surface area contributed by atoms with Gasteiger partial charge in [0.05, 0.1) is 27.9 Å². The lowest BCUT2D eigenvalue weighted by Crippen LogP contribution is -2.23. The van der Waals surface area contributed by atoms with Crippen molar-refractivity contribution in [1.82, 2.24) is 9.55 Å². The van der Waals surface area contributed by atoms with Crippen LogP contribution in [0.3, 0.4) is 0 Å². The number of aromatic nitrogens is 2. The van der Waals surface area contributed by atoms with Crippen molar-refractivity contribution >= 4 is 45.3 Å². The van der Waals surface area contributed by atoms with E-state index < -0.39 is 5.97 Å². The largest absolute Gasteiger partial charge is 0.490 e. The third-order valence-electron chi connectivity index (χ3n) is 5.47. The average Bonchev–Trinajstić information content (AvgIpc) is 2.77. The first-order chi connectivity index (χ1) is 15.0. The highest BCUT2D eigenvalue weighted by atomic mass is 35.5. The van der Waals surface area contributed by atoms with E-state index in [1.807, 2.05) is 0 Å². The molecule has 1 fully saturated rings. The van der Waals surface area contributed by atoms with E-state index >= 15 is 0 Å². The molecule has 2 N–H and O–H groups in total. The van der Waals surface area contributed by atoms with E-state index in [9.17, 15) is 14.7 Å². The quantitative estimate of drug-likeness (QED) is 0.536. The van der Waals surface area contributed by atoms with Gasteiger partial charge in [-0.15, -0.1) is 0 Å². The summed E-state index contributed by atoms with van der Waals surface area (Å²) in [6.07, 6.45) is 1.95. The molecule has 2 aromatic heterocycles. The van der Waals surface area contributed by atoms with Crippen LogP contribution in [0.25, 0.3) is 21.9 Å². The second kappa shape index (κ2) is 9.11. The van der Waals surface area contributed by atoms with Crippen LogP contribution in [0.5, 0.6) is 5.75 Å². The maximum absolute atomic E-state index is 13.2. The molecule has 3 aromatic rings. The third kappa shape index (κ3) is 4.31. The molecule has 0 amide bonds. The van der Waals surface area contributed by atoms with Crippen molar-refractivity contribution in [2.24, 2.45) is 5.92 Å². The van der Waals surface area contributed by atoms with Crippen LogP contribution < -0.4 is 15.5 Å². The Morgan fingerprint density at radius 3 is 2.74 bits per heavy atom. The Kier molecular flexibility index (Phi) is 6.29. The molecule has 0 radical (unpaired) electrons. The lowest BCUT2D eigenvalue weighted by atomic mass is 10.0. The number of nitrogens with zero attached hydrogens (tertiary/aromatic N) is 2. The number of benzene rings is 1. The van der Waals surface area contributed by atoms with Crippen LogP contribution in [0.2, 0.25) is 5.02 Å². The molecule has 8 nitrogen and oxygen atoms in total. The van der Waals surface area contributed by atoms with E-state index in [0.717, 1.165) is 32.6 Å². The van der Waals surface area contributed by atoms with E-state index in [0.29, 0.717) is 39.7 Å². The number of anilines is 1. The number of hydrogen-bond acceptors (Lipinski definition) is 6. The number of halogens is 1. The topological polar surface area (TPSA) is 103 Å². The lowest BCUT2D eigenvalue weighted by Gasteiger charge is -2.22. The third-order valence-corrected chi connectivity index (χ3v) is 5.77.